The second-order valence-electron chi connectivity index (χ2n) is 3.23. The second kappa shape index (κ2) is 5.50. The third-order valence-corrected chi connectivity index (χ3v) is 3.74. The Morgan fingerprint density at radius 1 is 1.41 bits per heavy atom. The van der Waals surface area contributed by atoms with Crippen LogP contribution in [0, 0.1) is 0 Å². The number of ether oxygens (including phenoxy) is 1. The molecule has 0 heterocycles. The molecular formula is C10H12BrNO4S. The van der Waals surface area contributed by atoms with Crippen LogP contribution in [0.1, 0.15) is 17.3 Å². The van der Waals surface area contributed by atoms with E-state index in [4.69, 9.17) is 0 Å². The van der Waals surface area contributed by atoms with Gasteiger partial charge in [0.2, 0.25) is 10.0 Å². The number of rotatable bonds is 4. The van der Waals surface area contributed by atoms with Crippen LogP contribution < -0.4 is 4.72 Å². The average molecular weight is 322 g/mol. The number of hydrogen-bond donors (Lipinski definition) is 1. The smallest absolute Gasteiger partial charge is 0.337 e. The number of hydrogen-bond acceptors (Lipinski definition) is 4. The minimum Gasteiger partial charge on any atom is -0.465 e. The highest BCUT2D eigenvalue weighted by atomic mass is 79.9. The molecule has 7 heteroatoms. The summed E-state index contributed by atoms with van der Waals surface area (Å²) < 4.78 is 30.3. The molecule has 0 bridgehead atoms. The number of nitrogens with one attached hydrogen (secondary N) is 1. The molecule has 0 fully saturated rings. The molecule has 0 aliphatic heterocycles. The predicted molar refractivity (Wildman–Crippen MR) is 68.6 cm³/mol. The molecule has 0 aromatic heterocycles. The quantitative estimate of drug-likeness (QED) is 0.861. The fraction of sp³-hybridized carbons (Fsp3) is 0.300. The van der Waals surface area contributed by atoms with Crippen LogP contribution in [0.3, 0.4) is 0 Å². The second-order valence-corrected chi connectivity index (χ2v) is 6.15. The Morgan fingerprint density at radius 2 is 2.06 bits per heavy atom. The monoisotopic (exact) mass is 321 g/mol. The molecule has 1 N–H and O–H groups in total. The summed E-state index contributed by atoms with van der Waals surface area (Å²) in [5.41, 5.74) is 0.595. The topological polar surface area (TPSA) is 72.5 Å². The van der Waals surface area contributed by atoms with Crippen molar-refractivity contribution < 1.29 is 17.9 Å². The molecule has 0 aliphatic rings. The lowest BCUT2D eigenvalue weighted by Crippen LogP contribution is -2.15. The summed E-state index contributed by atoms with van der Waals surface area (Å²) in [5.74, 6) is -0.559. The number of carbonyl (C=O) groups is 1. The zero-order chi connectivity index (χ0) is 13.1. The molecule has 0 amide bonds. The van der Waals surface area contributed by atoms with Crippen molar-refractivity contribution in [3.05, 3.63) is 28.2 Å². The van der Waals surface area contributed by atoms with Crippen molar-refractivity contribution in [3.8, 4) is 0 Å². The van der Waals surface area contributed by atoms with Crippen molar-refractivity contribution in [3.63, 3.8) is 0 Å². The van der Waals surface area contributed by atoms with Gasteiger partial charge in [-0.1, -0.05) is 15.9 Å². The molecule has 0 unspecified atom stereocenters. The van der Waals surface area contributed by atoms with Gasteiger partial charge in [-0.3, -0.25) is 4.72 Å². The van der Waals surface area contributed by atoms with Gasteiger partial charge in [0.25, 0.3) is 0 Å². The normalized spacial score (nSPS) is 11.0. The van der Waals surface area contributed by atoms with Crippen LogP contribution in [0.15, 0.2) is 22.7 Å². The Bertz CT molecular complexity index is 527. The number of anilines is 1. The van der Waals surface area contributed by atoms with E-state index >= 15 is 0 Å². The van der Waals surface area contributed by atoms with Gasteiger partial charge in [-0.15, -0.1) is 0 Å². The number of halogens is 1. The van der Waals surface area contributed by atoms with Crippen molar-refractivity contribution in [2.75, 3.05) is 17.6 Å². The lowest BCUT2D eigenvalue weighted by molar-refractivity contribution is 0.0600. The van der Waals surface area contributed by atoms with Gasteiger partial charge in [-0.05, 0) is 25.1 Å². The van der Waals surface area contributed by atoms with Crippen molar-refractivity contribution in [2.45, 2.75) is 6.92 Å². The van der Waals surface area contributed by atoms with Crippen molar-refractivity contribution in [1.82, 2.24) is 0 Å². The first-order chi connectivity index (χ1) is 7.88. The van der Waals surface area contributed by atoms with E-state index in [0.717, 1.165) is 0 Å². The van der Waals surface area contributed by atoms with E-state index < -0.39 is 16.0 Å². The summed E-state index contributed by atoms with van der Waals surface area (Å²) in [6.45, 7) is 1.53. The summed E-state index contributed by atoms with van der Waals surface area (Å²) in [6.07, 6.45) is 0. The van der Waals surface area contributed by atoms with E-state index in [9.17, 15) is 13.2 Å². The maximum Gasteiger partial charge on any atom is 0.337 e. The van der Waals surface area contributed by atoms with Crippen LogP contribution in [0.2, 0.25) is 0 Å². The van der Waals surface area contributed by atoms with E-state index in [0.29, 0.717) is 10.2 Å². The minimum atomic E-state index is -3.36. The van der Waals surface area contributed by atoms with Gasteiger partial charge in [0, 0.05) is 4.47 Å². The van der Waals surface area contributed by atoms with Crippen LogP contribution in [-0.2, 0) is 14.8 Å². The summed E-state index contributed by atoms with van der Waals surface area (Å²) in [6, 6.07) is 4.54. The predicted octanol–water partition coefficient (Wildman–Crippen LogP) is 2.00. The Labute approximate surface area is 108 Å². The zero-order valence-electron chi connectivity index (χ0n) is 9.36. The van der Waals surface area contributed by atoms with Crippen LogP contribution >= 0.6 is 15.9 Å². The van der Waals surface area contributed by atoms with Gasteiger partial charge in [0.1, 0.15) is 0 Å². The molecule has 17 heavy (non-hydrogen) atoms. The van der Waals surface area contributed by atoms with E-state index in [1.54, 1.807) is 12.1 Å². The average Bonchev–Trinajstić information content (AvgIpc) is 2.26. The van der Waals surface area contributed by atoms with Gasteiger partial charge < -0.3 is 4.74 Å². The number of methoxy groups -OCH3 is 1. The highest BCUT2D eigenvalue weighted by Gasteiger charge is 2.11. The molecule has 0 radical (unpaired) electrons. The van der Waals surface area contributed by atoms with Crippen LogP contribution in [0.25, 0.3) is 0 Å². The molecule has 0 spiro atoms. The van der Waals surface area contributed by atoms with Gasteiger partial charge in [-0.25, -0.2) is 13.2 Å². The van der Waals surface area contributed by atoms with Crippen molar-refractivity contribution >= 4 is 37.6 Å². The Morgan fingerprint density at radius 3 is 2.59 bits per heavy atom. The highest BCUT2D eigenvalue weighted by Crippen LogP contribution is 2.21. The standard InChI is InChI=1S/C10H12BrNO4S/c1-3-17(14,15)12-9-5-7(10(13)16-2)4-8(11)6-9/h4-6,12H,3H2,1-2H3. The molecule has 1 aromatic rings. The molecule has 1 rings (SSSR count). The summed E-state index contributed by atoms with van der Waals surface area (Å²) in [4.78, 5) is 11.3. The first kappa shape index (κ1) is 14.0. The lowest BCUT2D eigenvalue weighted by Gasteiger charge is -2.08. The number of sulfonamides is 1. The van der Waals surface area contributed by atoms with E-state index in [1.165, 1.54) is 20.1 Å². The molecular weight excluding hydrogens is 310 g/mol. The van der Waals surface area contributed by atoms with Crippen LogP contribution in [0.5, 0.6) is 0 Å². The zero-order valence-corrected chi connectivity index (χ0v) is 11.8. The van der Waals surface area contributed by atoms with Gasteiger partial charge in [0.15, 0.2) is 0 Å². The molecule has 0 saturated carbocycles. The van der Waals surface area contributed by atoms with E-state index in [-0.39, 0.29) is 11.3 Å². The number of esters is 1. The minimum absolute atomic E-state index is 0.0347. The summed E-state index contributed by atoms with van der Waals surface area (Å²) >= 11 is 3.20. The van der Waals surface area contributed by atoms with Gasteiger partial charge in [0.05, 0.1) is 24.1 Å². The molecule has 94 valence electrons. The molecule has 0 atom stereocenters. The highest BCUT2D eigenvalue weighted by molar-refractivity contribution is 9.10. The number of carbonyl (C=O) groups excluding carboxylic acids is 1. The Hall–Kier alpha value is -1.08. The van der Waals surface area contributed by atoms with Crippen LogP contribution in [0.4, 0.5) is 5.69 Å². The maximum atomic E-state index is 11.4. The van der Waals surface area contributed by atoms with Crippen molar-refractivity contribution in [1.29, 1.82) is 0 Å². The largest absolute Gasteiger partial charge is 0.465 e. The summed E-state index contributed by atoms with van der Waals surface area (Å²) in [7, 11) is -2.10. The molecule has 0 aliphatic carbocycles. The first-order valence-electron chi connectivity index (χ1n) is 4.77. The molecule has 1 aromatic carbocycles. The first-order valence-corrected chi connectivity index (χ1v) is 7.22. The Balaban J connectivity index is 3.10. The SMILES string of the molecule is CCS(=O)(=O)Nc1cc(Br)cc(C(=O)OC)c1. The maximum absolute atomic E-state index is 11.4. The van der Waals surface area contributed by atoms with Gasteiger partial charge in [-0.2, -0.15) is 0 Å². The molecule has 0 saturated heterocycles. The summed E-state index contributed by atoms with van der Waals surface area (Å²) in [5, 5.41) is 0. The third kappa shape index (κ3) is 4.01. The van der Waals surface area contributed by atoms with Crippen molar-refractivity contribution in [2.24, 2.45) is 0 Å². The Kier molecular flexibility index (Phi) is 4.53. The fourth-order valence-electron chi connectivity index (χ4n) is 1.14. The fourth-order valence-corrected chi connectivity index (χ4v) is 2.25. The number of benzene rings is 1. The van der Waals surface area contributed by atoms with Gasteiger partial charge >= 0.3 is 5.97 Å². The third-order valence-electron chi connectivity index (χ3n) is 1.97. The molecule has 5 nitrogen and oxygen atoms in total. The van der Waals surface area contributed by atoms with E-state index in [1.807, 2.05) is 0 Å². The lowest BCUT2D eigenvalue weighted by atomic mass is 10.2. The van der Waals surface area contributed by atoms with E-state index in [2.05, 4.69) is 25.4 Å². The van der Waals surface area contributed by atoms with Crippen LogP contribution in [-0.4, -0.2) is 27.2 Å².